The Bertz CT molecular complexity index is 605. The van der Waals surface area contributed by atoms with Crippen molar-refractivity contribution in [3.63, 3.8) is 0 Å². The Morgan fingerprint density at radius 2 is 2.05 bits per heavy atom. The van der Waals surface area contributed by atoms with Crippen LogP contribution in [-0.4, -0.2) is 22.2 Å². The highest BCUT2D eigenvalue weighted by Gasteiger charge is 2.13. The van der Waals surface area contributed by atoms with Gasteiger partial charge in [-0.2, -0.15) is 0 Å². The summed E-state index contributed by atoms with van der Waals surface area (Å²) in [6.07, 6.45) is 2.01. The van der Waals surface area contributed by atoms with Crippen LogP contribution in [0.4, 0.5) is 0 Å². The van der Waals surface area contributed by atoms with E-state index in [1.54, 1.807) is 18.2 Å². The Hall–Kier alpha value is -1.85. The first kappa shape index (κ1) is 14.6. The fraction of sp³-hybridized carbons (Fsp3) is 0.286. The molecule has 0 aliphatic rings. The summed E-state index contributed by atoms with van der Waals surface area (Å²) in [5.41, 5.74) is 1.48. The number of hydrogen-bond acceptors (Lipinski definition) is 5. The highest BCUT2D eigenvalue weighted by molar-refractivity contribution is 6.30. The molecule has 106 valence electrons. The number of aliphatic hydroxyl groups is 1. The summed E-state index contributed by atoms with van der Waals surface area (Å²) in [6.45, 7) is 1.89. The van der Waals surface area contributed by atoms with Gasteiger partial charge in [0.05, 0.1) is 19.3 Å². The zero-order valence-electron chi connectivity index (χ0n) is 11.3. The summed E-state index contributed by atoms with van der Waals surface area (Å²) in [5, 5.41) is 9.50. The van der Waals surface area contributed by atoms with Crippen molar-refractivity contribution in [2.75, 3.05) is 7.11 Å². The number of methoxy groups -OCH3 is 1. The van der Waals surface area contributed by atoms with E-state index < -0.39 is 0 Å². The third-order valence-corrected chi connectivity index (χ3v) is 3.15. The lowest BCUT2D eigenvalue weighted by Crippen LogP contribution is -1.98. The summed E-state index contributed by atoms with van der Waals surface area (Å²) >= 11 is 6.02. The van der Waals surface area contributed by atoms with Crippen molar-refractivity contribution in [3.05, 3.63) is 40.8 Å². The molecule has 1 N–H and O–H groups in total. The lowest BCUT2D eigenvalue weighted by molar-refractivity contribution is 0.280. The molecule has 0 unspecified atom stereocenters. The minimum Gasteiger partial charge on any atom is -0.493 e. The lowest BCUT2D eigenvalue weighted by atomic mass is 10.2. The molecule has 0 aliphatic heterocycles. The third-order valence-electron chi connectivity index (χ3n) is 2.82. The van der Waals surface area contributed by atoms with Crippen LogP contribution in [-0.2, 0) is 13.0 Å². The summed E-state index contributed by atoms with van der Waals surface area (Å²) in [6, 6.07) is 5.19. The van der Waals surface area contributed by atoms with Gasteiger partial charge in [0.25, 0.3) is 0 Å². The Kier molecular flexibility index (Phi) is 4.76. The van der Waals surface area contributed by atoms with Crippen molar-refractivity contribution in [3.8, 4) is 17.4 Å². The predicted octanol–water partition coefficient (Wildman–Crippen LogP) is 2.99. The van der Waals surface area contributed by atoms with Gasteiger partial charge in [-0.15, -0.1) is 0 Å². The second kappa shape index (κ2) is 6.54. The van der Waals surface area contributed by atoms with Crippen molar-refractivity contribution >= 4 is 11.6 Å². The van der Waals surface area contributed by atoms with Gasteiger partial charge >= 0.3 is 0 Å². The molecule has 0 fully saturated rings. The van der Waals surface area contributed by atoms with Crippen molar-refractivity contribution in [1.29, 1.82) is 0 Å². The van der Waals surface area contributed by atoms with Crippen LogP contribution < -0.4 is 9.47 Å². The van der Waals surface area contributed by atoms with Crippen LogP contribution in [0, 0.1) is 0 Å². The van der Waals surface area contributed by atoms with Crippen LogP contribution in [0.25, 0.3) is 0 Å². The van der Waals surface area contributed by atoms with Crippen LogP contribution >= 0.6 is 11.6 Å². The van der Waals surface area contributed by atoms with Crippen LogP contribution in [0.2, 0.25) is 5.15 Å². The Morgan fingerprint density at radius 1 is 1.25 bits per heavy atom. The standard InChI is InChI=1S/C14H15ClN2O3/c1-3-10-13(15)16-8-17-14(10)20-11-5-4-9(7-18)6-12(11)19-2/h4-6,8,18H,3,7H2,1-2H3. The smallest absolute Gasteiger partial charge is 0.227 e. The molecule has 0 atom stereocenters. The van der Waals surface area contributed by atoms with Gasteiger partial charge < -0.3 is 14.6 Å². The van der Waals surface area contributed by atoms with Crippen molar-refractivity contribution in [1.82, 2.24) is 9.97 Å². The topological polar surface area (TPSA) is 64.5 Å². The van der Waals surface area contributed by atoms with Gasteiger partial charge in [0, 0.05) is 0 Å². The molecule has 2 aromatic rings. The summed E-state index contributed by atoms with van der Waals surface area (Å²) in [4.78, 5) is 8.03. The normalized spacial score (nSPS) is 10.4. The quantitative estimate of drug-likeness (QED) is 0.859. The van der Waals surface area contributed by atoms with E-state index >= 15 is 0 Å². The van der Waals surface area contributed by atoms with Gasteiger partial charge in [0.2, 0.25) is 5.88 Å². The highest BCUT2D eigenvalue weighted by atomic mass is 35.5. The van der Waals surface area contributed by atoms with E-state index in [0.29, 0.717) is 29.0 Å². The first-order valence-electron chi connectivity index (χ1n) is 6.14. The molecule has 1 aromatic heterocycles. The zero-order valence-corrected chi connectivity index (χ0v) is 12.0. The van der Waals surface area contributed by atoms with Gasteiger partial charge in [-0.1, -0.05) is 24.6 Å². The summed E-state index contributed by atoms with van der Waals surface area (Å²) in [5.74, 6) is 1.44. The van der Waals surface area contributed by atoms with Crippen molar-refractivity contribution in [2.45, 2.75) is 20.0 Å². The Balaban J connectivity index is 2.37. The molecule has 0 aliphatic carbocycles. The Labute approximate surface area is 122 Å². The molecule has 0 amide bonds. The molecule has 2 rings (SSSR count). The number of nitrogens with zero attached hydrogens (tertiary/aromatic N) is 2. The molecule has 1 aromatic carbocycles. The van der Waals surface area contributed by atoms with Crippen LogP contribution in [0.3, 0.4) is 0 Å². The van der Waals surface area contributed by atoms with E-state index in [4.69, 9.17) is 26.2 Å². The molecular weight excluding hydrogens is 280 g/mol. The molecule has 5 nitrogen and oxygen atoms in total. The SMILES string of the molecule is CCc1c(Cl)ncnc1Oc1ccc(CO)cc1OC. The molecule has 0 saturated heterocycles. The first-order valence-corrected chi connectivity index (χ1v) is 6.52. The molecule has 0 radical (unpaired) electrons. The third kappa shape index (κ3) is 3.00. The molecule has 0 bridgehead atoms. The fourth-order valence-corrected chi connectivity index (χ4v) is 2.02. The average Bonchev–Trinajstić information content (AvgIpc) is 2.48. The highest BCUT2D eigenvalue weighted by Crippen LogP contribution is 2.34. The summed E-state index contributed by atoms with van der Waals surface area (Å²) in [7, 11) is 1.54. The van der Waals surface area contributed by atoms with Gasteiger partial charge in [-0.05, 0) is 24.1 Å². The number of rotatable bonds is 5. The minimum atomic E-state index is -0.0593. The predicted molar refractivity (Wildman–Crippen MR) is 75.4 cm³/mol. The summed E-state index contributed by atoms with van der Waals surface area (Å²) < 4.78 is 11.0. The molecule has 1 heterocycles. The van der Waals surface area contributed by atoms with Gasteiger partial charge in [0.1, 0.15) is 11.5 Å². The van der Waals surface area contributed by atoms with Gasteiger partial charge in [0.15, 0.2) is 11.5 Å². The fourth-order valence-electron chi connectivity index (χ4n) is 1.76. The number of halogens is 1. The number of ether oxygens (including phenoxy) is 2. The largest absolute Gasteiger partial charge is 0.493 e. The first-order chi connectivity index (χ1) is 9.69. The average molecular weight is 295 g/mol. The van der Waals surface area contributed by atoms with Crippen molar-refractivity contribution in [2.24, 2.45) is 0 Å². The van der Waals surface area contributed by atoms with Crippen LogP contribution in [0.15, 0.2) is 24.5 Å². The number of hydrogen-bond donors (Lipinski definition) is 1. The van der Waals surface area contributed by atoms with Crippen LogP contribution in [0.1, 0.15) is 18.1 Å². The monoisotopic (exact) mass is 294 g/mol. The molecule has 0 spiro atoms. The van der Waals surface area contributed by atoms with E-state index in [9.17, 15) is 0 Å². The van der Waals surface area contributed by atoms with E-state index in [1.807, 2.05) is 6.92 Å². The second-order valence-electron chi connectivity index (χ2n) is 4.05. The number of aromatic nitrogens is 2. The maximum absolute atomic E-state index is 9.12. The number of benzene rings is 1. The molecule has 0 saturated carbocycles. The molecule has 6 heteroatoms. The van der Waals surface area contributed by atoms with E-state index in [2.05, 4.69) is 9.97 Å². The van der Waals surface area contributed by atoms with E-state index in [1.165, 1.54) is 13.4 Å². The Morgan fingerprint density at radius 3 is 2.70 bits per heavy atom. The zero-order chi connectivity index (χ0) is 14.5. The van der Waals surface area contributed by atoms with Gasteiger partial charge in [-0.3, -0.25) is 0 Å². The molecule has 20 heavy (non-hydrogen) atoms. The maximum Gasteiger partial charge on any atom is 0.227 e. The molecular formula is C14H15ClN2O3. The lowest BCUT2D eigenvalue weighted by Gasteiger charge is -2.13. The second-order valence-corrected chi connectivity index (χ2v) is 4.41. The van der Waals surface area contributed by atoms with Gasteiger partial charge in [-0.25, -0.2) is 9.97 Å². The maximum atomic E-state index is 9.12. The van der Waals surface area contributed by atoms with E-state index in [-0.39, 0.29) is 6.61 Å². The van der Waals surface area contributed by atoms with Crippen LogP contribution in [0.5, 0.6) is 17.4 Å². The minimum absolute atomic E-state index is 0.0593. The van der Waals surface area contributed by atoms with E-state index in [0.717, 1.165) is 11.1 Å². The number of aliphatic hydroxyl groups excluding tert-OH is 1. The van der Waals surface area contributed by atoms with Crippen molar-refractivity contribution < 1.29 is 14.6 Å².